The van der Waals surface area contributed by atoms with Crippen LogP contribution in [0.3, 0.4) is 0 Å². The van der Waals surface area contributed by atoms with Gasteiger partial charge in [0.1, 0.15) is 11.6 Å². The molecule has 3 aromatic rings. The first-order valence-corrected chi connectivity index (χ1v) is 9.32. The zero-order valence-electron chi connectivity index (χ0n) is 15.3. The highest BCUT2D eigenvalue weighted by atomic mass is 35.5. The van der Waals surface area contributed by atoms with Gasteiger partial charge in [0.25, 0.3) is 5.91 Å². The number of thiocarbonyl (C=S) groups is 1. The predicted octanol–water partition coefficient (Wildman–Crippen LogP) is 5.55. The maximum atomic E-state index is 13.2. The van der Waals surface area contributed by atoms with Gasteiger partial charge in [-0.1, -0.05) is 11.6 Å². The van der Waals surface area contributed by atoms with Crippen LogP contribution >= 0.6 is 23.8 Å². The summed E-state index contributed by atoms with van der Waals surface area (Å²) in [6.07, 6.45) is 0. The maximum Gasteiger partial charge on any atom is 0.255 e. The number of hydrogen-bond donors (Lipinski definition) is 3. The van der Waals surface area contributed by atoms with Gasteiger partial charge in [0.15, 0.2) is 5.11 Å². The van der Waals surface area contributed by atoms with E-state index in [2.05, 4.69) is 16.0 Å². The van der Waals surface area contributed by atoms with Crippen molar-refractivity contribution >= 4 is 51.9 Å². The van der Waals surface area contributed by atoms with Crippen molar-refractivity contribution in [3.8, 4) is 5.75 Å². The fourth-order valence-corrected chi connectivity index (χ4v) is 2.87. The van der Waals surface area contributed by atoms with E-state index in [0.717, 1.165) is 0 Å². The predicted molar refractivity (Wildman–Crippen MR) is 119 cm³/mol. The van der Waals surface area contributed by atoms with Crippen molar-refractivity contribution < 1.29 is 13.9 Å². The third-order valence-electron chi connectivity index (χ3n) is 3.93. The molecule has 0 spiro atoms. The molecule has 3 N–H and O–H groups in total. The first-order chi connectivity index (χ1) is 13.9. The number of halogens is 2. The first-order valence-electron chi connectivity index (χ1n) is 8.53. The van der Waals surface area contributed by atoms with Gasteiger partial charge in [-0.15, -0.1) is 0 Å². The van der Waals surface area contributed by atoms with E-state index in [4.69, 9.17) is 28.6 Å². The van der Waals surface area contributed by atoms with Crippen LogP contribution in [-0.2, 0) is 0 Å². The zero-order chi connectivity index (χ0) is 20.8. The number of amides is 1. The minimum Gasteiger partial charge on any atom is -0.497 e. The normalized spacial score (nSPS) is 10.2. The summed E-state index contributed by atoms with van der Waals surface area (Å²) >= 11 is 11.0. The summed E-state index contributed by atoms with van der Waals surface area (Å²) in [7, 11) is 1.58. The van der Waals surface area contributed by atoms with Crippen molar-refractivity contribution in [3.63, 3.8) is 0 Å². The number of hydrogen-bond acceptors (Lipinski definition) is 3. The van der Waals surface area contributed by atoms with Gasteiger partial charge < -0.3 is 20.7 Å². The summed E-state index contributed by atoms with van der Waals surface area (Å²) in [6, 6.07) is 18.1. The van der Waals surface area contributed by atoms with Crippen molar-refractivity contribution in [1.29, 1.82) is 0 Å². The van der Waals surface area contributed by atoms with Gasteiger partial charge in [0.2, 0.25) is 0 Å². The number of nitrogens with one attached hydrogen (secondary N) is 3. The molecule has 0 radical (unpaired) electrons. The van der Waals surface area contributed by atoms with Crippen LogP contribution in [0.15, 0.2) is 66.7 Å². The highest BCUT2D eigenvalue weighted by Gasteiger charge is 2.07. The molecule has 0 fully saturated rings. The molecule has 0 heterocycles. The molecule has 0 saturated carbocycles. The van der Waals surface area contributed by atoms with Crippen LogP contribution in [0.4, 0.5) is 21.5 Å². The lowest BCUT2D eigenvalue weighted by Crippen LogP contribution is -2.19. The van der Waals surface area contributed by atoms with Crippen molar-refractivity contribution in [2.75, 3.05) is 23.1 Å². The van der Waals surface area contributed by atoms with Crippen LogP contribution in [0.25, 0.3) is 0 Å². The molecule has 0 aliphatic carbocycles. The lowest BCUT2D eigenvalue weighted by Gasteiger charge is -2.12. The van der Waals surface area contributed by atoms with E-state index in [1.807, 2.05) is 0 Å². The third-order valence-corrected chi connectivity index (χ3v) is 4.42. The van der Waals surface area contributed by atoms with E-state index in [1.165, 1.54) is 18.2 Å². The second-order valence-corrected chi connectivity index (χ2v) is 6.78. The molecule has 0 unspecified atom stereocenters. The molecule has 0 aromatic heterocycles. The van der Waals surface area contributed by atoms with Crippen LogP contribution in [0.2, 0.25) is 5.02 Å². The summed E-state index contributed by atoms with van der Waals surface area (Å²) < 4.78 is 18.3. The second kappa shape index (κ2) is 9.36. The lowest BCUT2D eigenvalue weighted by molar-refractivity contribution is 0.102. The molecular weight excluding hydrogens is 413 g/mol. The molecule has 0 aliphatic rings. The molecule has 0 bridgehead atoms. The summed E-state index contributed by atoms with van der Waals surface area (Å²) in [5.41, 5.74) is 2.41. The molecule has 8 heteroatoms. The van der Waals surface area contributed by atoms with Gasteiger partial charge in [0, 0.05) is 22.6 Å². The number of anilines is 3. The van der Waals surface area contributed by atoms with Crippen LogP contribution in [0, 0.1) is 5.82 Å². The molecule has 3 rings (SSSR count). The Hall–Kier alpha value is -3.16. The van der Waals surface area contributed by atoms with Crippen LogP contribution in [0.5, 0.6) is 5.75 Å². The Bertz CT molecular complexity index is 1030. The molecule has 3 aromatic carbocycles. The Labute approximate surface area is 177 Å². The quantitative estimate of drug-likeness (QED) is 0.464. The van der Waals surface area contributed by atoms with Crippen molar-refractivity contribution in [2.24, 2.45) is 0 Å². The monoisotopic (exact) mass is 429 g/mol. The van der Waals surface area contributed by atoms with Gasteiger partial charge in [-0.05, 0) is 78.9 Å². The third kappa shape index (κ3) is 5.66. The van der Waals surface area contributed by atoms with E-state index >= 15 is 0 Å². The standard InChI is InChI=1S/C21H17ClFN3O2S/c1-28-17-9-6-14(7-10-17)24-20(27)13-2-4-15(5-3-13)25-21(29)26-16-8-11-19(23)18(22)12-16/h2-12H,1H3,(H,24,27)(H2,25,26,29). The molecule has 0 atom stereocenters. The first kappa shape index (κ1) is 20.6. The lowest BCUT2D eigenvalue weighted by atomic mass is 10.2. The number of carbonyl (C=O) groups is 1. The Balaban J connectivity index is 1.57. The van der Waals surface area contributed by atoms with E-state index < -0.39 is 5.82 Å². The van der Waals surface area contributed by atoms with E-state index in [9.17, 15) is 9.18 Å². The fourth-order valence-electron chi connectivity index (χ4n) is 2.45. The highest BCUT2D eigenvalue weighted by molar-refractivity contribution is 7.80. The number of benzene rings is 3. The molecule has 5 nitrogen and oxygen atoms in total. The zero-order valence-corrected chi connectivity index (χ0v) is 16.9. The topological polar surface area (TPSA) is 62.4 Å². The van der Waals surface area contributed by atoms with Crippen LogP contribution < -0.4 is 20.7 Å². The van der Waals surface area contributed by atoms with Gasteiger partial charge in [0.05, 0.1) is 12.1 Å². The molecule has 29 heavy (non-hydrogen) atoms. The molecule has 1 amide bonds. The molecule has 0 saturated heterocycles. The Morgan fingerprint density at radius 1 is 0.897 bits per heavy atom. The van der Waals surface area contributed by atoms with Gasteiger partial charge in [-0.3, -0.25) is 4.79 Å². The van der Waals surface area contributed by atoms with Crippen molar-refractivity contribution in [1.82, 2.24) is 0 Å². The molecule has 148 valence electrons. The van der Waals surface area contributed by atoms with E-state index in [1.54, 1.807) is 55.6 Å². The SMILES string of the molecule is COc1ccc(NC(=O)c2ccc(NC(=S)Nc3ccc(F)c(Cl)c3)cc2)cc1. The number of carbonyl (C=O) groups excluding carboxylic acids is 1. The minimum absolute atomic E-state index is 0.00465. The smallest absolute Gasteiger partial charge is 0.255 e. The molecule has 0 aliphatic heterocycles. The Morgan fingerprint density at radius 2 is 1.45 bits per heavy atom. The van der Waals surface area contributed by atoms with Gasteiger partial charge >= 0.3 is 0 Å². The Kier molecular flexibility index (Phi) is 6.64. The van der Waals surface area contributed by atoms with Crippen molar-refractivity contribution in [3.05, 3.63) is 83.1 Å². The van der Waals surface area contributed by atoms with Gasteiger partial charge in [-0.25, -0.2) is 4.39 Å². The summed E-state index contributed by atoms with van der Waals surface area (Å²) in [6.45, 7) is 0. The minimum atomic E-state index is -0.500. The van der Waals surface area contributed by atoms with Gasteiger partial charge in [-0.2, -0.15) is 0 Å². The second-order valence-electron chi connectivity index (χ2n) is 5.97. The molecular formula is C21H17ClFN3O2S. The summed E-state index contributed by atoms with van der Waals surface area (Å²) in [5.74, 6) is -0.0196. The summed E-state index contributed by atoms with van der Waals surface area (Å²) in [4.78, 5) is 12.4. The Morgan fingerprint density at radius 3 is 2.07 bits per heavy atom. The largest absolute Gasteiger partial charge is 0.497 e. The van der Waals surface area contributed by atoms with E-state index in [0.29, 0.717) is 33.5 Å². The number of methoxy groups -OCH3 is 1. The number of rotatable bonds is 5. The maximum absolute atomic E-state index is 13.2. The fraction of sp³-hybridized carbons (Fsp3) is 0.0476. The average molecular weight is 430 g/mol. The highest BCUT2D eigenvalue weighted by Crippen LogP contribution is 2.20. The summed E-state index contributed by atoms with van der Waals surface area (Å²) in [5, 5.41) is 9.04. The van der Waals surface area contributed by atoms with Crippen LogP contribution in [-0.4, -0.2) is 18.1 Å². The van der Waals surface area contributed by atoms with E-state index in [-0.39, 0.29) is 10.9 Å². The van der Waals surface area contributed by atoms with Crippen LogP contribution in [0.1, 0.15) is 10.4 Å². The number of ether oxygens (including phenoxy) is 1. The van der Waals surface area contributed by atoms with Crippen molar-refractivity contribution in [2.45, 2.75) is 0 Å². The average Bonchev–Trinajstić information content (AvgIpc) is 2.72.